The van der Waals surface area contributed by atoms with Gasteiger partial charge in [0, 0.05) is 0 Å². The monoisotopic (exact) mass is 287 g/mol. The molecular weight excluding hydrogens is 266 g/mol. The van der Waals surface area contributed by atoms with Gasteiger partial charge in [0.05, 0.1) is 11.7 Å². The molecule has 0 bridgehead atoms. The van der Waals surface area contributed by atoms with E-state index in [0.717, 1.165) is 18.5 Å². The molecule has 0 aliphatic heterocycles. The van der Waals surface area contributed by atoms with Crippen molar-refractivity contribution in [2.24, 2.45) is 0 Å². The zero-order valence-electron chi connectivity index (χ0n) is 12.6. The highest BCUT2D eigenvalue weighted by Crippen LogP contribution is 2.17. The van der Waals surface area contributed by atoms with Gasteiger partial charge in [-0.3, -0.25) is 4.79 Å². The van der Waals surface area contributed by atoms with Gasteiger partial charge in [0.15, 0.2) is 5.69 Å². The van der Waals surface area contributed by atoms with Crippen LogP contribution in [0, 0.1) is 6.92 Å². The summed E-state index contributed by atoms with van der Waals surface area (Å²) in [6.07, 6.45) is 0.833. The maximum atomic E-state index is 12.3. The first-order chi connectivity index (χ1) is 10.1. The van der Waals surface area contributed by atoms with E-state index < -0.39 is 0 Å². The third-order valence-corrected chi connectivity index (χ3v) is 3.31. The minimum Gasteiger partial charge on any atom is -0.344 e. The minimum atomic E-state index is -0.200. The van der Waals surface area contributed by atoms with Gasteiger partial charge in [-0.25, -0.2) is 0 Å². The second-order valence-corrected chi connectivity index (χ2v) is 5.29. The predicted molar refractivity (Wildman–Crippen MR) is 80.9 cm³/mol. The van der Waals surface area contributed by atoms with Crippen LogP contribution in [0.5, 0.6) is 0 Å². The minimum absolute atomic E-state index is 0.0443. The van der Waals surface area contributed by atoms with E-state index >= 15 is 0 Å². The highest BCUT2D eigenvalue weighted by molar-refractivity contribution is 5.93. The molecule has 0 saturated carbocycles. The Hall–Kier alpha value is -2.21. The Balaban J connectivity index is 2.12. The number of hydrogen-bond acceptors (Lipinski definition) is 4. The fourth-order valence-corrected chi connectivity index (χ4v) is 2.12. The van der Waals surface area contributed by atoms with Crippen molar-refractivity contribution in [1.82, 2.24) is 25.6 Å². The van der Waals surface area contributed by atoms with Crippen molar-refractivity contribution in [2.75, 3.05) is 20.6 Å². The number of carbonyl (C=O) groups is 1. The van der Waals surface area contributed by atoms with E-state index in [1.54, 1.807) is 6.92 Å². The van der Waals surface area contributed by atoms with E-state index in [1.165, 1.54) is 0 Å². The van der Waals surface area contributed by atoms with Crippen molar-refractivity contribution >= 4 is 5.91 Å². The van der Waals surface area contributed by atoms with Crippen LogP contribution in [0.3, 0.4) is 0 Å². The van der Waals surface area contributed by atoms with Gasteiger partial charge in [-0.1, -0.05) is 30.3 Å². The van der Waals surface area contributed by atoms with Gasteiger partial charge in [0.25, 0.3) is 5.91 Å². The Morgan fingerprint density at radius 3 is 2.57 bits per heavy atom. The van der Waals surface area contributed by atoms with Gasteiger partial charge < -0.3 is 10.2 Å². The highest BCUT2D eigenvalue weighted by atomic mass is 16.2. The molecule has 1 heterocycles. The lowest BCUT2D eigenvalue weighted by Gasteiger charge is -2.21. The summed E-state index contributed by atoms with van der Waals surface area (Å²) in [7, 11) is 4.04. The third kappa shape index (κ3) is 4.13. The Morgan fingerprint density at radius 2 is 2.00 bits per heavy atom. The normalized spacial score (nSPS) is 12.4. The number of aryl methyl sites for hydroxylation is 1. The number of nitrogens with zero attached hydrogens (tertiary/aromatic N) is 3. The van der Waals surface area contributed by atoms with Gasteiger partial charge in [-0.2, -0.15) is 15.4 Å². The standard InChI is InChI=1S/C15H21N5O/c1-11-14(18-19-17-11)15(21)16-13(9-10-20(2)3)12-7-5-4-6-8-12/h4-8,13H,9-10H2,1-3H3,(H,16,21)(H,17,18,19)/t13-/m1/s1. The zero-order valence-corrected chi connectivity index (χ0v) is 12.6. The molecule has 0 aliphatic rings. The van der Waals surface area contributed by atoms with E-state index in [2.05, 4.69) is 25.6 Å². The number of carbonyl (C=O) groups excluding carboxylic acids is 1. The Morgan fingerprint density at radius 1 is 1.29 bits per heavy atom. The van der Waals surface area contributed by atoms with Crippen LogP contribution in [-0.2, 0) is 0 Å². The SMILES string of the molecule is Cc1n[nH]nc1C(=O)N[C@H](CCN(C)C)c1ccccc1. The molecule has 6 nitrogen and oxygen atoms in total. The molecule has 0 unspecified atom stereocenters. The predicted octanol–water partition coefficient (Wildman–Crippen LogP) is 1.54. The van der Waals surface area contributed by atoms with Crippen molar-refractivity contribution in [1.29, 1.82) is 0 Å². The van der Waals surface area contributed by atoms with Crippen molar-refractivity contribution in [3.63, 3.8) is 0 Å². The number of benzene rings is 1. The van der Waals surface area contributed by atoms with Crippen molar-refractivity contribution in [3.8, 4) is 0 Å². The topological polar surface area (TPSA) is 73.9 Å². The molecule has 0 radical (unpaired) electrons. The molecule has 1 amide bonds. The molecule has 0 spiro atoms. The fraction of sp³-hybridized carbons (Fsp3) is 0.400. The summed E-state index contributed by atoms with van der Waals surface area (Å²) in [6.45, 7) is 2.65. The van der Waals surface area contributed by atoms with E-state index in [1.807, 2.05) is 44.4 Å². The Kier molecular flexibility index (Phi) is 5.05. The van der Waals surface area contributed by atoms with E-state index in [4.69, 9.17) is 0 Å². The number of hydrogen-bond donors (Lipinski definition) is 2. The molecule has 112 valence electrons. The van der Waals surface area contributed by atoms with E-state index in [0.29, 0.717) is 11.4 Å². The lowest BCUT2D eigenvalue weighted by Crippen LogP contribution is -2.31. The summed E-state index contributed by atoms with van der Waals surface area (Å²) in [5, 5.41) is 13.3. The maximum absolute atomic E-state index is 12.3. The number of amides is 1. The molecule has 1 aromatic carbocycles. The summed E-state index contributed by atoms with van der Waals surface area (Å²) in [6, 6.07) is 9.93. The van der Waals surface area contributed by atoms with Gasteiger partial charge >= 0.3 is 0 Å². The second-order valence-electron chi connectivity index (χ2n) is 5.29. The van der Waals surface area contributed by atoms with Crippen LogP contribution in [0.15, 0.2) is 30.3 Å². The lowest BCUT2D eigenvalue weighted by molar-refractivity contribution is 0.0927. The molecule has 21 heavy (non-hydrogen) atoms. The van der Waals surface area contributed by atoms with Crippen LogP contribution in [-0.4, -0.2) is 46.9 Å². The van der Waals surface area contributed by atoms with Crippen LogP contribution in [0.25, 0.3) is 0 Å². The molecule has 2 N–H and O–H groups in total. The molecule has 1 atom stereocenters. The summed E-state index contributed by atoms with van der Waals surface area (Å²) < 4.78 is 0. The number of rotatable bonds is 6. The van der Waals surface area contributed by atoms with Crippen LogP contribution in [0.4, 0.5) is 0 Å². The zero-order chi connectivity index (χ0) is 15.2. The highest BCUT2D eigenvalue weighted by Gasteiger charge is 2.19. The Bertz CT molecular complexity index is 579. The lowest BCUT2D eigenvalue weighted by atomic mass is 10.0. The molecule has 1 aromatic heterocycles. The maximum Gasteiger partial charge on any atom is 0.274 e. The fourth-order valence-electron chi connectivity index (χ4n) is 2.12. The summed E-state index contributed by atoms with van der Waals surface area (Å²) in [5.74, 6) is -0.200. The molecule has 2 aromatic rings. The second kappa shape index (κ2) is 6.99. The van der Waals surface area contributed by atoms with Crippen molar-refractivity contribution < 1.29 is 4.79 Å². The average Bonchev–Trinajstić information content (AvgIpc) is 2.90. The van der Waals surface area contributed by atoms with Crippen LogP contribution < -0.4 is 5.32 Å². The van der Waals surface area contributed by atoms with E-state index in [9.17, 15) is 4.79 Å². The summed E-state index contributed by atoms with van der Waals surface area (Å²) in [5.41, 5.74) is 2.04. The van der Waals surface area contributed by atoms with Gasteiger partial charge in [-0.15, -0.1) is 0 Å². The van der Waals surface area contributed by atoms with Gasteiger partial charge in [0.1, 0.15) is 0 Å². The largest absolute Gasteiger partial charge is 0.344 e. The summed E-state index contributed by atoms with van der Waals surface area (Å²) in [4.78, 5) is 14.4. The van der Waals surface area contributed by atoms with E-state index in [-0.39, 0.29) is 11.9 Å². The molecule has 0 aliphatic carbocycles. The quantitative estimate of drug-likeness (QED) is 0.845. The van der Waals surface area contributed by atoms with Crippen LogP contribution in [0.2, 0.25) is 0 Å². The number of aromatic amines is 1. The molecule has 0 fully saturated rings. The summed E-state index contributed by atoms with van der Waals surface area (Å²) >= 11 is 0. The van der Waals surface area contributed by atoms with Gasteiger partial charge in [0.2, 0.25) is 0 Å². The first kappa shape index (κ1) is 15.2. The van der Waals surface area contributed by atoms with Gasteiger partial charge in [-0.05, 0) is 39.5 Å². The van der Waals surface area contributed by atoms with Crippen molar-refractivity contribution in [2.45, 2.75) is 19.4 Å². The smallest absolute Gasteiger partial charge is 0.274 e. The first-order valence-electron chi connectivity index (χ1n) is 6.96. The number of H-pyrrole nitrogens is 1. The first-order valence-corrected chi connectivity index (χ1v) is 6.96. The number of nitrogens with one attached hydrogen (secondary N) is 2. The molecule has 2 rings (SSSR count). The molecule has 0 saturated heterocycles. The van der Waals surface area contributed by atoms with Crippen molar-refractivity contribution in [3.05, 3.63) is 47.3 Å². The molecule has 6 heteroatoms. The van der Waals surface area contributed by atoms with Crippen LogP contribution in [0.1, 0.15) is 34.2 Å². The third-order valence-electron chi connectivity index (χ3n) is 3.31. The average molecular weight is 287 g/mol. The van der Waals surface area contributed by atoms with Crippen LogP contribution >= 0.6 is 0 Å². The molecular formula is C15H21N5O. The Labute approximate surface area is 124 Å². The number of aromatic nitrogens is 3.